The predicted octanol–water partition coefficient (Wildman–Crippen LogP) is 4.75. The van der Waals surface area contributed by atoms with Crippen LogP contribution in [0.4, 0.5) is 5.69 Å². The lowest BCUT2D eigenvalue weighted by molar-refractivity contribution is 0.102. The van der Waals surface area contributed by atoms with Gasteiger partial charge in [-0.25, -0.2) is 8.42 Å². The van der Waals surface area contributed by atoms with Crippen molar-refractivity contribution in [3.05, 3.63) is 43.5 Å². The van der Waals surface area contributed by atoms with Gasteiger partial charge in [-0.1, -0.05) is 34.8 Å². The highest BCUT2D eigenvalue weighted by Gasteiger charge is 2.29. The van der Waals surface area contributed by atoms with Gasteiger partial charge in [0.2, 0.25) is 10.0 Å². The Morgan fingerprint density at radius 2 is 1.80 bits per heavy atom. The van der Waals surface area contributed by atoms with E-state index < -0.39 is 15.9 Å². The molecule has 0 bridgehead atoms. The summed E-state index contributed by atoms with van der Waals surface area (Å²) >= 11 is 19.0. The van der Waals surface area contributed by atoms with Crippen molar-refractivity contribution in [3.8, 4) is 0 Å². The highest BCUT2D eigenvalue weighted by atomic mass is 35.5. The molecule has 1 aromatic carbocycles. The maximum atomic E-state index is 12.7. The molecule has 0 saturated carbocycles. The number of halogens is 3. The Hall–Kier alpha value is -0.830. The summed E-state index contributed by atoms with van der Waals surface area (Å²) in [6, 6.07) is 5.80. The van der Waals surface area contributed by atoms with Crippen molar-refractivity contribution < 1.29 is 13.2 Å². The second-order valence-electron chi connectivity index (χ2n) is 5.45. The van der Waals surface area contributed by atoms with Gasteiger partial charge in [-0.05, 0) is 37.1 Å². The fourth-order valence-corrected chi connectivity index (χ4v) is 6.02. The van der Waals surface area contributed by atoms with Crippen molar-refractivity contribution in [2.75, 3.05) is 18.4 Å². The van der Waals surface area contributed by atoms with E-state index in [-0.39, 0.29) is 19.8 Å². The highest BCUT2D eigenvalue weighted by Crippen LogP contribution is 2.33. The number of benzene rings is 1. The Labute approximate surface area is 164 Å². The fourth-order valence-electron chi connectivity index (χ4n) is 2.54. The number of thiophene rings is 1. The summed E-state index contributed by atoms with van der Waals surface area (Å²) < 4.78 is 27.5. The van der Waals surface area contributed by atoms with Gasteiger partial charge in [-0.3, -0.25) is 4.79 Å². The van der Waals surface area contributed by atoms with E-state index in [2.05, 4.69) is 5.32 Å². The first-order chi connectivity index (χ1) is 11.8. The lowest BCUT2D eigenvalue weighted by atomic mass is 10.3. The molecule has 0 unspecified atom stereocenters. The zero-order chi connectivity index (χ0) is 18.2. The van der Waals surface area contributed by atoms with E-state index in [1.165, 1.54) is 28.6 Å². The zero-order valence-corrected chi connectivity index (χ0v) is 16.7. The van der Waals surface area contributed by atoms with Crippen LogP contribution in [0.15, 0.2) is 29.2 Å². The Morgan fingerprint density at radius 1 is 1.12 bits per heavy atom. The first-order valence-electron chi connectivity index (χ1n) is 7.35. The van der Waals surface area contributed by atoms with Crippen LogP contribution in [0.1, 0.15) is 23.2 Å². The van der Waals surface area contributed by atoms with Crippen LogP contribution in [0.2, 0.25) is 13.7 Å². The van der Waals surface area contributed by atoms with Gasteiger partial charge in [0.25, 0.3) is 5.91 Å². The van der Waals surface area contributed by atoms with Gasteiger partial charge >= 0.3 is 0 Å². The Bertz CT molecular complexity index is 922. The van der Waals surface area contributed by atoms with Crippen molar-refractivity contribution in [2.24, 2.45) is 0 Å². The molecule has 2 aromatic rings. The molecule has 2 heterocycles. The van der Waals surface area contributed by atoms with Crippen LogP contribution >= 0.6 is 46.1 Å². The maximum Gasteiger partial charge on any atom is 0.258 e. The number of nitrogens with one attached hydrogen (secondary N) is 1. The number of amides is 1. The predicted molar refractivity (Wildman–Crippen MR) is 102 cm³/mol. The zero-order valence-electron chi connectivity index (χ0n) is 12.8. The SMILES string of the molecule is O=C(Nc1ccc(Cl)c(S(=O)(=O)N2CCCC2)c1)c1cc(Cl)sc1Cl. The normalized spacial score (nSPS) is 15.5. The van der Waals surface area contributed by atoms with E-state index in [1.807, 2.05) is 0 Å². The van der Waals surface area contributed by atoms with Crippen molar-refractivity contribution in [1.82, 2.24) is 4.31 Å². The maximum absolute atomic E-state index is 12.7. The molecule has 0 radical (unpaired) electrons. The van der Waals surface area contributed by atoms with Gasteiger partial charge in [-0.2, -0.15) is 4.31 Å². The first-order valence-corrected chi connectivity index (χ1v) is 10.7. The molecule has 10 heteroatoms. The molecule has 3 rings (SSSR count). The fraction of sp³-hybridized carbons (Fsp3) is 0.267. The Balaban J connectivity index is 1.89. The third kappa shape index (κ3) is 3.97. The molecule has 0 atom stereocenters. The van der Waals surface area contributed by atoms with E-state index in [1.54, 1.807) is 0 Å². The number of rotatable bonds is 4. The molecular weight excluding hydrogens is 427 g/mol. The van der Waals surface area contributed by atoms with Crippen LogP contribution in [0.25, 0.3) is 0 Å². The van der Waals surface area contributed by atoms with Gasteiger partial charge in [-0.15, -0.1) is 11.3 Å². The Morgan fingerprint density at radius 3 is 2.40 bits per heavy atom. The molecule has 0 aliphatic carbocycles. The third-order valence-corrected chi connectivity index (χ3v) is 7.64. The number of hydrogen-bond donors (Lipinski definition) is 1. The van der Waals surface area contributed by atoms with Crippen LogP contribution in [0.3, 0.4) is 0 Å². The largest absolute Gasteiger partial charge is 0.322 e. The summed E-state index contributed by atoms with van der Waals surface area (Å²) in [7, 11) is -3.69. The number of hydrogen-bond acceptors (Lipinski definition) is 4. The van der Waals surface area contributed by atoms with Gasteiger partial charge in [0.05, 0.1) is 14.9 Å². The molecule has 25 heavy (non-hydrogen) atoms. The van der Waals surface area contributed by atoms with Crippen LogP contribution < -0.4 is 5.32 Å². The molecule has 1 N–H and O–H groups in total. The highest BCUT2D eigenvalue weighted by molar-refractivity contribution is 7.89. The van der Waals surface area contributed by atoms with Gasteiger partial charge in [0, 0.05) is 18.8 Å². The molecule has 1 saturated heterocycles. The van der Waals surface area contributed by atoms with E-state index in [0.717, 1.165) is 24.2 Å². The Kier molecular flexibility index (Phi) is 5.63. The van der Waals surface area contributed by atoms with Crippen molar-refractivity contribution >= 4 is 67.8 Å². The standard InChI is InChI=1S/C15H13Cl3N2O3S2/c16-11-4-3-9(19-15(21)10-8-13(17)24-14(10)18)7-12(11)25(22,23)20-5-1-2-6-20/h3-4,7-8H,1-2,5-6H2,(H,19,21). The van der Waals surface area contributed by atoms with Gasteiger partial charge in [0.1, 0.15) is 9.23 Å². The van der Waals surface area contributed by atoms with E-state index >= 15 is 0 Å². The van der Waals surface area contributed by atoms with Crippen molar-refractivity contribution in [2.45, 2.75) is 17.7 Å². The molecule has 5 nitrogen and oxygen atoms in total. The number of carbonyl (C=O) groups is 1. The number of anilines is 1. The molecule has 1 aliphatic rings. The van der Waals surface area contributed by atoms with Crippen molar-refractivity contribution in [1.29, 1.82) is 0 Å². The molecule has 0 spiro atoms. The number of sulfonamides is 1. The summed E-state index contributed by atoms with van der Waals surface area (Å²) in [5.74, 6) is -0.472. The van der Waals surface area contributed by atoms with E-state index in [0.29, 0.717) is 23.1 Å². The number of carbonyl (C=O) groups excluding carboxylic acids is 1. The molecule has 134 valence electrons. The van der Waals surface area contributed by atoms with Crippen LogP contribution in [0, 0.1) is 0 Å². The van der Waals surface area contributed by atoms with Gasteiger partial charge < -0.3 is 5.32 Å². The van der Waals surface area contributed by atoms with E-state index in [4.69, 9.17) is 34.8 Å². The topological polar surface area (TPSA) is 66.5 Å². The summed E-state index contributed by atoms with van der Waals surface area (Å²) in [5, 5.41) is 2.74. The lowest BCUT2D eigenvalue weighted by Gasteiger charge is -2.17. The quantitative estimate of drug-likeness (QED) is 0.748. The van der Waals surface area contributed by atoms with Crippen LogP contribution in [-0.4, -0.2) is 31.7 Å². The minimum absolute atomic E-state index is 0.0247. The smallest absolute Gasteiger partial charge is 0.258 e. The monoisotopic (exact) mass is 438 g/mol. The summed E-state index contributed by atoms with van der Waals surface area (Å²) in [5.41, 5.74) is 0.543. The third-order valence-electron chi connectivity index (χ3n) is 3.77. The molecule has 1 amide bonds. The molecule has 1 fully saturated rings. The number of nitrogens with zero attached hydrogens (tertiary/aromatic N) is 1. The second-order valence-corrected chi connectivity index (χ2v) is 10.0. The van der Waals surface area contributed by atoms with Crippen LogP contribution in [0.5, 0.6) is 0 Å². The summed E-state index contributed by atoms with van der Waals surface area (Å²) in [6.07, 6.45) is 1.65. The van der Waals surface area contributed by atoms with Gasteiger partial charge in [0.15, 0.2) is 0 Å². The molecular formula is C15H13Cl3N2O3S2. The molecule has 1 aliphatic heterocycles. The van der Waals surface area contributed by atoms with E-state index in [9.17, 15) is 13.2 Å². The minimum Gasteiger partial charge on any atom is -0.322 e. The molecule has 1 aromatic heterocycles. The van der Waals surface area contributed by atoms with Crippen LogP contribution in [-0.2, 0) is 10.0 Å². The second kappa shape index (κ2) is 7.42. The lowest BCUT2D eigenvalue weighted by Crippen LogP contribution is -2.28. The summed E-state index contributed by atoms with van der Waals surface area (Å²) in [6.45, 7) is 0.941. The average molecular weight is 440 g/mol. The average Bonchev–Trinajstić information content (AvgIpc) is 3.19. The first kappa shape index (κ1) is 18.9. The minimum atomic E-state index is -3.69. The summed E-state index contributed by atoms with van der Waals surface area (Å²) in [4.78, 5) is 12.3. The van der Waals surface area contributed by atoms with Crippen molar-refractivity contribution in [3.63, 3.8) is 0 Å².